The molecule has 2 aliphatic carbocycles. The van der Waals surface area contributed by atoms with Crippen molar-refractivity contribution in [2.75, 3.05) is 13.1 Å². The number of benzene rings is 1. The van der Waals surface area contributed by atoms with Crippen LogP contribution in [0.25, 0.3) is 0 Å². The summed E-state index contributed by atoms with van der Waals surface area (Å²) < 4.78 is 13.9. The summed E-state index contributed by atoms with van der Waals surface area (Å²) in [6.45, 7) is 75.3. The van der Waals surface area contributed by atoms with Gasteiger partial charge in [0.05, 0.1) is 18.7 Å². The Bertz CT molecular complexity index is 2240. The van der Waals surface area contributed by atoms with Gasteiger partial charge < -0.3 is 18.8 Å². The van der Waals surface area contributed by atoms with Gasteiger partial charge in [-0.05, 0) is 183 Å². The number of hydrogen-bond acceptors (Lipinski definition) is 11. The summed E-state index contributed by atoms with van der Waals surface area (Å²) in [5, 5.41) is 16.5. The molecule has 0 atom stereocenters. The van der Waals surface area contributed by atoms with Crippen molar-refractivity contribution in [1.82, 2.24) is 25.6 Å². The first-order valence-corrected chi connectivity index (χ1v) is 40.8. The number of nitrogens with one attached hydrogen (secondary N) is 1. The second-order valence-corrected chi connectivity index (χ2v) is 20.9. The molecule has 584 valence electrons. The molecule has 4 aliphatic rings. The van der Waals surface area contributed by atoms with Crippen molar-refractivity contribution in [2.24, 2.45) is 16.8 Å². The third-order valence-electron chi connectivity index (χ3n) is 11.0. The molecule has 12 rings (SSSR count). The number of rotatable bonds is 0. The van der Waals surface area contributed by atoms with Crippen LogP contribution in [0.5, 0.6) is 0 Å². The minimum atomic E-state index is 0.856. The number of furan rings is 1. The van der Waals surface area contributed by atoms with Gasteiger partial charge in [0.25, 0.3) is 0 Å². The Labute approximate surface area is 637 Å². The molecular formula is C90H164N6O3S2. The molecule has 1 saturated carbocycles. The number of piperidine rings is 1. The summed E-state index contributed by atoms with van der Waals surface area (Å²) in [6.07, 6.45) is 34.7. The molecule has 2 fully saturated rings. The third kappa shape index (κ3) is 115. The molecule has 1 N–H and O–H groups in total. The summed E-state index contributed by atoms with van der Waals surface area (Å²) in [6, 6.07) is 31.9. The van der Waals surface area contributed by atoms with Gasteiger partial charge in [-0.3, -0.25) is 15.0 Å². The first-order chi connectivity index (χ1) is 49.2. The Balaban J connectivity index is -0.0000000833. The predicted octanol–water partition coefficient (Wildman–Crippen LogP) is 31.6. The van der Waals surface area contributed by atoms with E-state index in [1.54, 1.807) is 66.1 Å². The van der Waals surface area contributed by atoms with Crippen LogP contribution in [0.4, 0.5) is 0 Å². The highest BCUT2D eigenvalue weighted by Gasteiger charge is 2.06. The number of pyridine rings is 2. The van der Waals surface area contributed by atoms with E-state index in [1.165, 1.54) is 91.6 Å². The Morgan fingerprint density at radius 2 is 1.02 bits per heavy atom. The van der Waals surface area contributed by atoms with Crippen molar-refractivity contribution in [3.8, 4) is 0 Å². The van der Waals surface area contributed by atoms with Crippen LogP contribution in [-0.4, -0.2) is 39.6 Å². The van der Waals surface area contributed by atoms with E-state index >= 15 is 0 Å². The second kappa shape index (κ2) is 118. The number of allylic oxidation sites excluding steroid dienone is 6. The van der Waals surface area contributed by atoms with Gasteiger partial charge in [-0.25, -0.2) is 0 Å². The number of aryl methyl sites for hydroxylation is 8. The van der Waals surface area contributed by atoms with Crippen LogP contribution in [-0.2, 0) is 0 Å². The van der Waals surface area contributed by atoms with E-state index in [1.807, 2.05) is 281 Å². The molecule has 1 aromatic carbocycles. The molecule has 1 saturated heterocycles. The van der Waals surface area contributed by atoms with Gasteiger partial charge in [0.1, 0.15) is 17.8 Å². The van der Waals surface area contributed by atoms with E-state index in [4.69, 9.17) is 4.42 Å². The summed E-state index contributed by atoms with van der Waals surface area (Å²) in [5.74, 6) is 3.83. The van der Waals surface area contributed by atoms with Crippen LogP contribution in [0.15, 0.2) is 211 Å². The maximum atomic E-state index is 4.83. The summed E-state index contributed by atoms with van der Waals surface area (Å²) >= 11 is 3.52. The Morgan fingerprint density at radius 1 is 0.465 bits per heavy atom. The lowest BCUT2D eigenvalue weighted by Crippen LogP contribution is -2.26. The average Bonchev–Trinajstić information content (AvgIpc) is 3.86. The first-order valence-electron chi connectivity index (χ1n) is 38.9. The largest absolute Gasteiger partial charge is 0.470 e. The summed E-state index contributed by atoms with van der Waals surface area (Å²) in [7, 11) is 0. The number of nitrogens with zero attached hydrogens (tertiary/aromatic N) is 5. The van der Waals surface area contributed by atoms with Crippen LogP contribution >= 0.6 is 22.7 Å². The molecule has 2 aliphatic heterocycles. The Hall–Kier alpha value is -6.53. The topological polar surface area (TPSA) is 115 Å². The fourth-order valence-electron chi connectivity index (χ4n) is 6.32. The smallest absolute Gasteiger partial charge is 0.133 e. The lowest BCUT2D eigenvalue weighted by atomic mass is 9.91. The van der Waals surface area contributed by atoms with Gasteiger partial charge in [0, 0.05) is 59.1 Å². The normalized spacial score (nSPS) is 10.9. The zero-order chi connectivity index (χ0) is 80.4. The first kappa shape index (κ1) is 121. The second-order valence-electron chi connectivity index (χ2n) is 18.9. The lowest BCUT2D eigenvalue weighted by Gasteiger charge is -2.17. The van der Waals surface area contributed by atoms with Crippen molar-refractivity contribution in [2.45, 2.75) is 307 Å². The maximum absolute atomic E-state index is 4.83. The van der Waals surface area contributed by atoms with Crippen LogP contribution in [0.2, 0.25) is 0 Å². The monoisotopic (exact) mass is 1440 g/mol. The number of aromatic nitrogens is 4. The molecule has 11 heteroatoms. The van der Waals surface area contributed by atoms with Gasteiger partial charge >= 0.3 is 0 Å². The van der Waals surface area contributed by atoms with Crippen molar-refractivity contribution < 1.29 is 13.5 Å². The van der Waals surface area contributed by atoms with Gasteiger partial charge in [-0.15, -0.1) is 11.3 Å². The van der Waals surface area contributed by atoms with Crippen LogP contribution in [0.3, 0.4) is 0 Å². The molecule has 0 unspecified atom stereocenters. The minimum Gasteiger partial charge on any atom is -0.470 e. The lowest BCUT2D eigenvalue weighted by molar-refractivity contribution is 0.385. The molecule has 7 aromatic heterocycles. The highest BCUT2D eigenvalue weighted by molar-refractivity contribution is 7.09. The molecule has 0 amide bonds. The molecule has 0 bridgehead atoms. The van der Waals surface area contributed by atoms with Gasteiger partial charge in [0.2, 0.25) is 0 Å². The van der Waals surface area contributed by atoms with E-state index in [-0.39, 0.29) is 0 Å². The number of hydrogen-bond donors (Lipinski definition) is 1. The van der Waals surface area contributed by atoms with Crippen molar-refractivity contribution >= 4 is 28.9 Å². The summed E-state index contributed by atoms with van der Waals surface area (Å²) in [5.41, 5.74) is 8.65. The molecule has 101 heavy (non-hydrogen) atoms. The van der Waals surface area contributed by atoms with Gasteiger partial charge in [0.15, 0.2) is 0 Å². The zero-order valence-electron chi connectivity index (χ0n) is 72.6. The van der Waals surface area contributed by atoms with Crippen molar-refractivity contribution in [3.63, 3.8) is 0 Å². The predicted molar refractivity (Wildman–Crippen MR) is 467 cm³/mol. The van der Waals surface area contributed by atoms with E-state index in [0.29, 0.717) is 0 Å². The van der Waals surface area contributed by atoms with Crippen molar-refractivity contribution in [3.05, 3.63) is 237 Å². The summed E-state index contributed by atoms with van der Waals surface area (Å²) in [4.78, 5) is 13.2. The van der Waals surface area contributed by atoms with E-state index < -0.39 is 0 Å². The molecular weight excluding hydrogens is 1280 g/mol. The highest BCUT2D eigenvalue weighted by atomic mass is 32.1. The minimum absolute atomic E-state index is 0.856. The zero-order valence-corrected chi connectivity index (χ0v) is 74.2. The average molecular weight is 1440 g/mol. The maximum Gasteiger partial charge on any atom is 0.133 e. The molecule has 9 heterocycles. The Kier molecular flexibility index (Phi) is 141. The van der Waals surface area contributed by atoms with Gasteiger partial charge in [-0.2, -0.15) is 11.3 Å². The van der Waals surface area contributed by atoms with Crippen LogP contribution < -0.4 is 5.32 Å². The van der Waals surface area contributed by atoms with E-state index in [0.717, 1.165) is 46.7 Å². The van der Waals surface area contributed by atoms with Crippen LogP contribution in [0, 0.1) is 67.2 Å². The molecule has 0 radical (unpaired) electrons. The number of thiophene rings is 2. The quantitative estimate of drug-likeness (QED) is 0.160. The molecule has 0 spiro atoms. The molecule has 8 aromatic rings. The fourth-order valence-corrected chi connectivity index (χ4v) is 7.52. The van der Waals surface area contributed by atoms with Gasteiger partial charge in [-0.1, -0.05) is 306 Å². The third-order valence-corrected chi connectivity index (χ3v) is 12.6. The number of aliphatic imine (C=N–C) groups is 1. The molecule has 9 nitrogen and oxygen atoms in total. The van der Waals surface area contributed by atoms with E-state index in [9.17, 15) is 0 Å². The Morgan fingerprint density at radius 3 is 1.19 bits per heavy atom. The van der Waals surface area contributed by atoms with Crippen LogP contribution in [0.1, 0.15) is 296 Å². The SMILES string of the molecule is CC.CC.CC.CC.CC.CC.CC.CC.CC.CC.CC.CC.CC1=CC=CC1.CC1=CCC=N1.CC1CCCCC1.CC1CCNCC1.Cc1ccccc1.Cc1ccccn1.Cc1cccnc1.Cc1ccco1.Cc1cccs1.Cc1ccno1.Cc1ccsc1.Cc1cnoc1. The van der Waals surface area contributed by atoms with E-state index in [2.05, 4.69) is 152 Å². The highest BCUT2D eigenvalue weighted by Crippen LogP contribution is 2.22. The fraction of sp³-hybridized carbons (Fsp3) is 0.544. The standard InChI is InChI=1S/C7H14.C7H8.C6H13N.2C6H7N.C6H8.C5H7N.C5H6O.2C5H6S.2C4H5NO.12C2H6/c2*1-7-5-3-2-4-6-7;1-6-2-4-7-5-3-6;1-6-3-2-4-7-5-6;1-6-4-2-3-5-7-6;1-6-4-2-3-5-6;2*1-5-3-2-4-6-5;1-5-2-3-6-4-5;1-5-3-2-4-6-5;1-4-2-5-6-3-4;1-4-2-3-5-6-4;12*1-2/h7H,2-6H2,1H3;2-6H,1H3;6-7H,2-5H2,1H3;2*2-5H,1H3;2-4H,5H2,1H3;3-4H,2H2,1H3;3*2-4H,1H3;2*2-3H,1H3;12*1-2H3. The van der Waals surface area contributed by atoms with Crippen molar-refractivity contribution in [1.29, 1.82) is 0 Å².